The number of thioether (sulfide) groups is 1. The molecular formula is C25H24BrN5O2S. The van der Waals surface area contributed by atoms with Gasteiger partial charge in [0.1, 0.15) is 11.8 Å². The molecule has 0 saturated carbocycles. The maximum Gasteiger partial charge on any atom is 0.268 e. The Kier molecular flexibility index (Phi) is 6.22. The molecule has 1 unspecified atom stereocenters. The van der Waals surface area contributed by atoms with E-state index in [4.69, 9.17) is 19.9 Å². The van der Waals surface area contributed by atoms with Gasteiger partial charge in [-0.1, -0.05) is 51.8 Å². The molecule has 0 bridgehead atoms. The fourth-order valence-corrected chi connectivity index (χ4v) is 5.42. The summed E-state index contributed by atoms with van der Waals surface area (Å²) in [6.07, 6.45) is 3.64. The number of halogens is 1. The van der Waals surface area contributed by atoms with Crippen molar-refractivity contribution in [2.45, 2.75) is 45.2 Å². The van der Waals surface area contributed by atoms with E-state index >= 15 is 0 Å². The van der Waals surface area contributed by atoms with Crippen LogP contribution in [0.1, 0.15) is 34.1 Å². The highest BCUT2D eigenvalue weighted by Gasteiger charge is 2.25. The van der Waals surface area contributed by atoms with Crippen molar-refractivity contribution in [3.05, 3.63) is 91.9 Å². The van der Waals surface area contributed by atoms with Gasteiger partial charge in [0, 0.05) is 16.6 Å². The monoisotopic (exact) mass is 537 g/mol. The van der Waals surface area contributed by atoms with Gasteiger partial charge in [0.2, 0.25) is 5.09 Å². The van der Waals surface area contributed by atoms with Gasteiger partial charge in [-0.3, -0.25) is 5.41 Å². The van der Waals surface area contributed by atoms with Gasteiger partial charge >= 0.3 is 0 Å². The summed E-state index contributed by atoms with van der Waals surface area (Å²) in [7, 11) is 0. The lowest BCUT2D eigenvalue weighted by molar-refractivity contribution is -0.0278. The lowest BCUT2D eigenvalue weighted by atomic mass is 9.97. The molecule has 0 radical (unpaired) electrons. The quantitative estimate of drug-likeness (QED) is 0.324. The number of aryl methyl sites for hydroxylation is 4. The summed E-state index contributed by atoms with van der Waals surface area (Å²) in [5.74, 6) is 0. The van der Waals surface area contributed by atoms with Crippen LogP contribution in [0.3, 0.4) is 0 Å². The van der Waals surface area contributed by atoms with Crippen molar-refractivity contribution in [2.24, 2.45) is 0 Å². The Labute approximate surface area is 209 Å². The molecule has 4 aromatic rings. The van der Waals surface area contributed by atoms with Crippen molar-refractivity contribution >= 4 is 38.9 Å². The van der Waals surface area contributed by atoms with Crippen LogP contribution in [0, 0.1) is 26.2 Å². The Morgan fingerprint density at radius 3 is 2.71 bits per heavy atom. The fourth-order valence-electron chi connectivity index (χ4n) is 4.24. The third kappa shape index (κ3) is 4.50. The van der Waals surface area contributed by atoms with Gasteiger partial charge in [-0.25, -0.2) is 9.97 Å². The van der Waals surface area contributed by atoms with E-state index in [1.54, 1.807) is 12.6 Å². The zero-order chi connectivity index (χ0) is 23.8. The smallest absolute Gasteiger partial charge is 0.268 e. The molecule has 0 fully saturated rings. The van der Waals surface area contributed by atoms with Gasteiger partial charge in [-0.2, -0.15) is 0 Å². The van der Waals surface area contributed by atoms with Crippen LogP contribution in [0.15, 0.2) is 63.7 Å². The van der Waals surface area contributed by atoms with Gasteiger partial charge in [0.05, 0.1) is 6.33 Å². The molecule has 0 spiro atoms. The van der Waals surface area contributed by atoms with E-state index in [2.05, 4.69) is 58.8 Å². The molecule has 9 heteroatoms. The summed E-state index contributed by atoms with van der Waals surface area (Å²) in [5.41, 5.74) is 7.58. The first-order chi connectivity index (χ1) is 16.4. The van der Waals surface area contributed by atoms with Gasteiger partial charge < -0.3 is 19.0 Å². The molecule has 7 nitrogen and oxygen atoms in total. The Morgan fingerprint density at radius 1 is 1.18 bits per heavy atom. The number of hydrogen-bond acceptors (Lipinski definition) is 6. The molecule has 3 heterocycles. The molecule has 174 valence electrons. The predicted octanol–water partition coefficient (Wildman–Crippen LogP) is 5.81. The second-order valence-corrected chi connectivity index (χ2v) is 10.1. The molecule has 2 N–H and O–H groups in total. The highest BCUT2D eigenvalue weighted by atomic mass is 79.9. The minimum Gasteiger partial charge on any atom is -0.454 e. The fraction of sp³-hybridized carbons (Fsp3) is 0.240. The number of ether oxygens (including phenoxy) is 2. The first-order valence-electron chi connectivity index (χ1n) is 10.9. The normalized spacial score (nSPS) is 15.3. The van der Waals surface area contributed by atoms with Crippen molar-refractivity contribution in [3.63, 3.8) is 0 Å². The third-order valence-corrected chi connectivity index (χ3v) is 7.31. The number of benzene rings is 2. The Hall–Kier alpha value is -3.04. The van der Waals surface area contributed by atoms with Crippen molar-refractivity contribution < 1.29 is 9.47 Å². The maximum absolute atomic E-state index is 8.23. The minimum atomic E-state index is -0.512. The lowest BCUT2D eigenvalue weighted by Gasteiger charge is -2.13. The van der Waals surface area contributed by atoms with E-state index in [9.17, 15) is 0 Å². The van der Waals surface area contributed by atoms with Crippen LogP contribution in [0.25, 0.3) is 11.2 Å². The highest BCUT2D eigenvalue weighted by Crippen LogP contribution is 2.39. The van der Waals surface area contributed by atoms with Crippen LogP contribution in [-0.2, 0) is 22.4 Å². The van der Waals surface area contributed by atoms with Gasteiger partial charge in [0.15, 0.2) is 16.3 Å². The van der Waals surface area contributed by atoms with E-state index in [0.717, 1.165) is 23.0 Å². The molecule has 2 aromatic carbocycles. The van der Waals surface area contributed by atoms with Crippen LogP contribution in [0.2, 0.25) is 0 Å². The molecule has 1 aliphatic heterocycles. The number of hydrogen-bond donors (Lipinski definition) is 2. The van der Waals surface area contributed by atoms with Crippen molar-refractivity contribution in [3.8, 4) is 0 Å². The first-order valence-corrected chi connectivity index (χ1v) is 12.5. The average molecular weight is 538 g/mol. The predicted molar refractivity (Wildman–Crippen MR) is 135 cm³/mol. The summed E-state index contributed by atoms with van der Waals surface area (Å²) >= 11 is 4.86. The van der Waals surface area contributed by atoms with E-state index < -0.39 is 6.29 Å². The number of imidazole rings is 1. The molecule has 0 amide bonds. The maximum atomic E-state index is 8.23. The molecule has 2 aromatic heterocycles. The highest BCUT2D eigenvalue weighted by molar-refractivity contribution is 9.10. The first kappa shape index (κ1) is 22.7. The minimum absolute atomic E-state index is 0.164. The average Bonchev–Trinajstić information content (AvgIpc) is 3.43. The number of rotatable bonds is 6. The van der Waals surface area contributed by atoms with Crippen LogP contribution in [-0.4, -0.2) is 19.5 Å². The summed E-state index contributed by atoms with van der Waals surface area (Å²) in [4.78, 5) is 12.2. The van der Waals surface area contributed by atoms with Crippen LogP contribution < -0.4 is 5.49 Å². The zero-order valence-electron chi connectivity index (χ0n) is 19.1. The van der Waals surface area contributed by atoms with Crippen molar-refractivity contribution in [1.29, 1.82) is 5.41 Å². The Morgan fingerprint density at radius 2 is 1.94 bits per heavy atom. The standard InChI is InChI=1S/C25H24BrN5O2S/c1-14-10-15(2)17(16(3)11-14)8-9-31-13-28-22(27)21-23(31)30-25(29-21)34-20-12-32-24(33-20)18-6-4-5-7-19(18)26/h4-7,10-13,24,27H,8-9H2,1-3H3,(H,29,30). The van der Waals surface area contributed by atoms with E-state index in [1.165, 1.54) is 34.0 Å². The van der Waals surface area contributed by atoms with Crippen LogP contribution in [0.5, 0.6) is 0 Å². The Balaban J connectivity index is 1.35. The van der Waals surface area contributed by atoms with Crippen molar-refractivity contribution in [2.75, 3.05) is 0 Å². The second-order valence-electron chi connectivity index (χ2n) is 8.30. The van der Waals surface area contributed by atoms with Crippen LogP contribution >= 0.6 is 27.7 Å². The second kappa shape index (κ2) is 9.31. The summed E-state index contributed by atoms with van der Waals surface area (Å²) in [5, 5.41) is 9.45. The van der Waals surface area contributed by atoms with Crippen LogP contribution in [0.4, 0.5) is 0 Å². The molecular weight excluding hydrogens is 514 g/mol. The third-order valence-electron chi connectivity index (χ3n) is 5.81. The molecule has 1 atom stereocenters. The van der Waals surface area contributed by atoms with Gasteiger partial charge in [-0.15, -0.1) is 0 Å². The van der Waals surface area contributed by atoms with Gasteiger partial charge in [0.25, 0.3) is 6.29 Å². The molecule has 34 heavy (non-hydrogen) atoms. The number of aromatic nitrogens is 4. The number of nitrogens with zero attached hydrogens (tertiary/aromatic N) is 3. The number of H-pyrrole nitrogens is 1. The zero-order valence-corrected chi connectivity index (χ0v) is 21.5. The number of aromatic amines is 1. The molecule has 0 aliphatic carbocycles. The van der Waals surface area contributed by atoms with Crippen molar-refractivity contribution in [1.82, 2.24) is 19.5 Å². The number of fused-ring (bicyclic) bond motifs is 1. The lowest BCUT2D eigenvalue weighted by Crippen LogP contribution is -2.14. The molecule has 0 saturated heterocycles. The topological polar surface area (TPSA) is 88.8 Å². The molecule has 1 aliphatic rings. The van der Waals surface area contributed by atoms with E-state index in [0.29, 0.717) is 21.4 Å². The number of nitrogens with one attached hydrogen (secondary N) is 2. The van der Waals surface area contributed by atoms with Gasteiger partial charge in [-0.05, 0) is 61.7 Å². The Bertz CT molecular complexity index is 1450. The SMILES string of the molecule is Cc1cc(C)c(CCn2cnc(=N)c3[nH]c(SC4=COC(c5ccccc5Br)O4)nc32)c(C)c1. The van der Waals surface area contributed by atoms with E-state index in [-0.39, 0.29) is 5.49 Å². The largest absolute Gasteiger partial charge is 0.454 e. The summed E-state index contributed by atoms with van der Waals surface area (Å²) in [6, 6.07) is 12.2. The molecule has 5 rings (SSSR count). The summed E-state index contributed by atoms with van der Waals surface area (Å²) in [6.45, 7) is 7.15. The van der Waals surface area contributed by atoms with E-state index in [1.807, 2.05) is 28.8 Å². The summed E-state index contributed by atoms with van der Waals surface area (Å²) < 4.78 is 14.6.